The average Bonchev–Trinajstić information content (AvgIpc) is 2.30. The van der Waals surface area contributed by atoms with E-state index in [1.165, 1.54) is 0 Å². The molecule has 1 aromatic heterocycles. The van der Waals surface area contributed by atoms with Gasteiger partial charge < -0.3 is 9.47 Å². The SMILES string of the molecule is CCCCO/C=C/c1ccc(OC)nc1. The van der Waals surface area contributed by atoms with Gasteiger partial charge in [-0.1, -0.05) is 13.3 Å². The van der Waals surface area contributed by atoms with Gasteiger partial charge in [0.25, 0.3) is 0 Å². The minimum atomic E-state index is 0.624. The van der Waals surface area contributed by atoms with E-state index in [4.69, 9.17) is 9.47 Å². The number of pyridine rings is 1. The molecule has 0 amide bonds. The second-order valence-electron chi connectivity index (χ2n) is 3.16. The van der Waals surface area contributed by atoms with E-state index in [9.17, 15) is 0 Å². The van der Waals surface area contributed by atoms with Gasteiger partial charge in [-0.2, -0.15) is 0 Å². The van der Waals surface area contributed by atoms with Crippen LogP contribution in [0.1, 0.15) is 25.3 Å². The summed E-state index contributed by atoms with van der Waals surface area (Å²) in [6.45, 7) is 2.91. The van der Waals surface area contributed by atoms with Gasteiger partial charge in [-0.15, -0.1) is 0 Å². The summed E-state index contributed by atoms with van der Waals surface area (Å²) >= 11 is 0. The minimum Gasteiger partial charge on any atom is -0.501 e. The van der Waals surface area contributed by atoms with E-state index in [0.29, 0.717) is 5.88 Å². The molecule has 0 aliphatic carbocycles. The van der Waals surface area contributed by atoms with Gasteiger partial charge in [0.05, 0.1) is 20.0 Å². The highest BCUT2D eigenvalue weighted by Crippen LogP contribution is 2.07. The molecule has 3 heteroatoms. The highest BCUT2D eigenvalue weighted by Gasteiger charge is 1.91. The van der Waals surface area contributed by atoms with Gasteiger partial charge >= 0.3 is 0 Å². The molecule has 0 N–H and O–H groups in total. The van der Waals surface area contributed by atoms with Crippen LogP contribution in [0.2, 0.25) is 0 Å². The zero-order valence-corrected chi connectivity index (χ0v) is 9.27. The van der Waals surface area contributed by atoms with E-state index >= 15 is 0 Å². The molecule has 15 heavy (non-hydrogen) atoms. The van der Waals surface area contributed by atoms with Gasteiger partial charge in [-0.05, 0) is 24.1 Å². The first kappa shape index (κ1) is 11.6. The van der Waals surface area contributed by atoms with E-state index < -0.39 is 0 Å². The summed E-state index contributed by atoms with van der Waals surface area (Å²) in [6, 6.07) is 3.76. The van der Waals surface area contributed by atoms with E-state index in [-0.39, 0.29) is 0 Å². The first-order valence-corrected chi connectivity index (χ1v) is 5.15. The van der Waals surface area contributed by atoms with Crippen LogP contribution in [0.25, 0.3) is 6.08 Å². The molecular weight excluding hydrogens is 190 g/mol. The largest absolute Gasteiger partial charge is 0.501 e. The van der Waals surface area contributed by atoms with Crippen molar-refractivity contribution in [3.8, 4) is 5.88 Å². The van der Waals surface area contributed by atoms with Gasteiger partial charge in [-0.3, -0.25) is 0 Å². The van der Waals surface area contributed by atoms with Crippen molar-refractivity contribution in [1.82, 2.24) is 4.98 Å². The number of rotatable bonds is 6. The van der Waals surface area contributed by atoms with Gasteiger partial charge in [0, 0.05) is 12.3 Å². The molecule has 0 unspecified atom stereocenters. The lowest BCUT2D eigenvalue weighted by Crippen LogP contribution is -1.87. The molecule has 3 nitrogen and oxygen atoms in total. The Labute approximate surface area is 90.7 Å². The number of methoxy groups -OCH3 is 1. The van der Waals surface area contributed by atoms with Crippen molar-refractivity contribution in [1.29, 1.82) is 0 Å². The summed E-state index contributed by atoms with van der Waals surface area (Å²) in [5.41, 5.74) is 1.01. The zero-order valence-electron chi connectivity index (χ0n) is 9.27. The van der Waals surface area contributed by atoms with Crippen LogP contribution >= 0.6 is 0 Å². The van der Waals surface area contributed by atoms with Gasteiger partial charge in [-0.25, -0.2) is 4.98 Å². The lowest BCUT2D eigenvalue weighted by atomic mass is 10.3. The molecule has 0 spiro atoms. The van der Waals surface area contributed by atoms with Crippen molar-refractivity contribution >= 4 is 6.08 Å². The van der Waals surface area contributed by atoms with Crippen LogP contribution < -0.4 is 4.74 Å². The number of nitrogens with zero attached hydrogens (tertiary/aromatic N) is 1. The standard InChI is InChI=1S/C12H17NO2/c1-3-4-8-15-9-7-11-5-6-12(14-2)13-10-11/h5-7,9-10H,3-4,8H2,1-2H3/b9-7+. The first-order valence-electron chi connectivity index (χ1n) is 5.15. The fraction of sp³-hybridized carbons (Fsp3) is 0.417. The van der Waals surface area contributed by atoms with Gasteiger partial charge in [0.1, 0.15) is 0 Å². The molecule has 0 saturated carbocycles. The fourth-order valence-corrected chi connectivity index (χ4v) is 1.03. The Kier molecular flexibility index (Phi) is 5.30. The normalized spacial score (nSPS) is 10.5. The van der Waals surface area contributed by atoms with E-state index in [1.807, 2.05) is 18.2 Å². The van der Waals surface area contributed by atoms with Crippen LogP contribution in [0.4, 0.5) is 0 Å². The van der Waals surface area contributed by atoms with Crippen molar-refractivity contribution in [3.05, 3.63) is 30.2 Å². The molecule has 0 aliphatic rings. The van der Waals surface area contributed by atoms with Gasteiger partial charge in [0.2, 0.25) is 5.88 Å². The maximum absolute atomic E-state index is 5.29. The third-order valence-corrected chi connectivity index (χ3v) is 1.94. The molecule has 0 bridgehead atoms. The maximum Gasteiger partial charge on any atom is 0.212 e. The summed E-state index contributed by atoms with van der Waals surface area (Å²) in [5.74, 6) is 0.624. The molecular formula is C12H17NO2. The third kappa shape index (κ3) is 4.49. The minimum absolute atomic E-state index is 0.624. The summed E-state index contributed by atoms with van der Waals surface area (Å²) < 4.78 is 10.3. The molecule has 0 fully saturated rings. The quantitative estimate of drug-likeness (QED) is 0.531. The van der Waals surface area contributed by atoms with Gasteiger partial charge in [0.15, 0.2) is 0 Å². The van der Waals surface area contributed by atoms with E-state index in [1.54, 1.807) is 19.6 Å². The Morgan fingerprint density at radius 2 is 2.27 bits per heavy atom. The summed E-state index contributed by atoms with van der Waals surface area (Å²) in [4.78, 5) is 4.08. The number of unbranched alkanes of at least 4 members (excludes halogenated alkanes) is 1. The lowest BCUT2D eigenvalue weighted by Gasteiger charge is -1.99. The van der Waals surface area contributed by atoms with Crippen LogP contribution in [0.15, 0.2) is 24.6 Å². The number of hydrogen-bond acceptors (Lipinski definition) is 3. The molecule has 0 aromatic carbocycles. The molecule has 0 atom stereocenters. The first-order chi connectivity index (χ1) is 7.36. The van der Waals surface area contributed by atoms with Crippen LogP contribution in [0.3, 0.4) is 0 Å². The molecule has 0 aliphatic heterocycles. The third-order valence-electron chi connectivity index (χ3n) is 1.94. The lowest BCUT2D eigenvalue weighted by molar-refractivity contribution is 0.246. The molecule has 82 valence electrons. The van der Waals surface area contributed by atoms with Crippen molar-refractivity contribution in [2.24, 2.45) is 0 Å². The Bertz CT molecular complexity index is 293. The number of aromatic nitrogens is 1. The summed E-state index contributed by atoms with van der Waals surface area (Å²) in [7, 11) is 1.60. The summed E-state index contributed by atoms with van der Waals surface area (Å²) in [6.07, 6.45) is 7.59. The molecule has 0 saturated heterocycles. The van der Waals surface area contributed by atoms with Crippen molar-refractivity contribution in [2.75, 3.05) is 13.7 Å². The predicted octanol–water partition coefficient (Wildman–Crippen LogP) is 2.88. The van der Waals surface area contributed by atoms with Crippen molar-refractivity contribution in [3.63, 3.8) is 0 Å². The van der Waals surface area contributed by atoms with Crippen molar-refractivity contribution in [2.45, 2.75) is 19.8 Å². The second-order valence-corrected chi connectivity index (χ2v) is 3.16. The molecule has 1 rings (SSSR count). The monoisotopic (exact) mass is 207 g/mol. The van der Waals surface area contributed by atoms with Crippen molar-refractivity contribution < 1.29 is 9.47 Å². The Hall–Kier alpha value is -1.51. The number of ether oxygens (including phenoxy) is 2. The average molecular weight is 207 g/mol. The molecule has 0 radical (unpaired) electrons. The Morgan fingerprint density at radius 1 is 1.40 bits per heavy atom. The number of hydrogen-bond donors (Lipinski definition) is 0. The molecule has 1 heterocycles. The van der Waals surface area contributed by atoms with E-state index in [2.05, 4.69) is 11.9 Å². The van der Waals surface area contributed by atoms with Crippen LogP contribution in [0, 0.1) is 0 Å². The zero-order chi connectivity index (χ0) is 10.9. The van der Waals surface area contributed by atoms with Crippen LogP contribution in [-0.2, 0) is 4.74 Å². The van der Waals surface area contributed by atoms with E-state index in [0.717, 1.165) is 25.0 Å². The highest BCUT2D eigenvalue weighted by atomic mass is 16.5. The fourth-order valence-electron chi connectivity index (χ4n) is 1.03. The molecule has 1 aromatic rings. The smallest absolute Gasteiger partial charge is 0.212 e. The maximum atomic E-state index is 5.29. The summed E-state index contributed by atoms with van der Waals surface area (Å²) in [5, 5.41) is 0. The van der Waals surface area contributed by atoms with Crippen LogP contribution in [-0.4, -0.2) is 18.7 Å². The Balaban J connectivity index is 2.36. The topological polar surface area (TPSA) is 31.4 Å². The Morgan fingerprint density at radius 3 is 2.87 bits per heavy atom. The predicted molar refractivity (Wildman–Crippen MR) is 60.7 cm³/mol. The second kappa shape index (κ2) is 6.87. The van der Waals surface area contributed by atoms with Crippen LogP contribution in [0.5, 0.6) is 5.88 Å². The highest BCUT2D eigenvalue weighted by molar-refractivity contribution is 5.47.